The maximum Gasteiger partial charge on any atom is 0.272 e. The minimum Gasteiger partial charge on any atom is -0.455 e. The molecule has 4 nitrogen and oxygen atoms in total. The van der Waals surface area contributed by atoms with Crippen LogP contribution in [0.5, 0.6) is 11.5 Å². The SMILES string of the molecule is CCCCn1c(C(=O)Nc2cc(Cl)ccc2Oc2ccccc2)c(C)c2ccccc21. The number of aromatic nitrogens is 1. The van der Waals surface area contributed by atoms with Crippen molar-refractivity contribution in [1.29, 1.82) is 0 Å². The number of unbranched alkanes of at least 4 members (excludes halogenated alkanes) is 1. The Kier molecular flexibility index (Phi) is 6.28. The van der Waals surface area contributed by atoms with Gasteiger partial charge in [0, 0.05) is 22.5 Å². The van der Waals surface area contributed by atoms with Crippen molar-refractivity contribution in [1.82, 2.24) is 4.57 Å². The number of nitrogens with zero attached hydrogens (tertiary/aromatic N) is 1. The number of fused-ring (bicyclic) bond motifs is 1. The minimum absolute atomic E-state index is 0.176. The number of aryl methyl sites for hydroxylation is 2. The standard InChI is InChI=1S/C26H25ClN2O2/c1-3-4-16-29-23-13-9-8-12-21(23)18(2)25(29)26(30)28-22-17-19(27)14-15-24(22)31-20-10-6-5-7-11-20/h5-15,17H,3-4,16H2,1-2H3,(H,28,30). The highest BCUT2D eigenvalue weighted by atomic mass is 35.5. The van der Waals surface area contributed by atoms with Crippen molar-refractivity contribution in [3.8, 4) is 11.5 Å². The lowest BCUT2D eigenvalue weighted by atomic mass is 10.1. The van der Waals surface area contributed by atoms with Crippen molar-refractivity contribution in [2.45, 2.75) is 33.2 Å². The quantitative estimate of drug-likeness (QED) is 0.329. The first kappa shape index (κ1) is 21.0. The zero-order valence-electron chi connectivity index (χ0n) is 17.7. The third-order valence-electron chi connectivity index (χ3n) is 5.34. The Labute approximate surface area is 187 Å². The molecule has 4 aromatic rings. The predicted octanol–water partition coefficient (Wildman–Crippen LogP) is 7.45. The fourth-order valence-corrected chi connectivity index (χ4v) is 3.98. The lowest BCUT2D eigenvalue weighted by Crippen LogP contribution is -2.18. The van der Waals surface area contributed by atoms with E-state index in [4.69, 9.17) is 16.3 Å². The van der Waals surface area contributed by atoms with Gasteiger partial charge >= 0.3 is 0 Å². The van der Waals surface area contributed by atoms with Gasteiger partial charge in [0.25, 0.3) is 5.91 Å². The molecule has 0 aliphatic heterocycles. The van der Waals surface area contributed by atoms with Crippen LogP contribution in [0.1, 0.15) is 35.8 Å². The topological polar surface area (TPSA) is 43.3 Å². The molecule has 31 heavy (non-hydrogen) atoms. The maximum atomic E-state index is 13.5. The number of halogens is 1. The van der Waals surface area contributed by atoms with E-state index in [9.17, 15) is 4.79 Å². The highest BCUT2D eigenvalue weighted by Gasteiger charge is 2.21. The van der Waals surface area contributed by atoms with Crippen molar-refractivity contribution in [2.24, 2.45) is 0 Å². The highest BCUT2D eigenvalue weighted by molar-refractivity contribution is 6.31. The predicted molar refractivity (Wildman–Crippen MR) is 128 cm³/mol. The molecule has 5 heteroatoms. The molecule has 0 spiro atoms. The van der Waals surface area contributed by atoms with Gasteiger partial charge in [-0.05, 0) is 55.3 Å². The van der Waals surface area contributed by atoms with E-state index >= 15 is 0 Å². The molecule has 4 rings (SSSR count). The van der Waals surface area contributed by atoms with Gasteiger partial charge in [-0.1, -0.05) is 61.3 Å². The number of carbonyl (C=O) groups excluding carboxylic acids is 1. The molecule has 0 radical (unpaired) electrons. The Bertz CT molecular complexity index is 1220. The van der Waals surface area contributed by atoms with Gasteiger partial charge in [0.1, 0.15) is 11.4 Å². The molecule has 0 unspecified atom stereocenters. The molecule has 1 amide bonds. The van der Waals surface area contributed by atoms with Crippen LogP contribution in [0.25, 0.3) is 10.9 Å². The van der Waals surface area contributed by atoms with Gasteiger partial charge in [-0.3, -0.25) is 4.79 Å². The number of rotatable bonds is 7. The van der Waals surface area contributed by atoms with Crippen LogP contribution >= 0.6 is 11.6 Å². The van der Waals surface area contributed by atoms with Crippen molar-refractivity contribution in [2.75, 3.05) is 5.32 Å². The first-order valence-electron chi connectivity index (χ1n) is 10.5. The van der Waals surface area contributed by atoms with Crippen LogP contribution in [0.15, 0.2) is 72.8 Å². The molecule has 0 bridgehead atoms. The van der Waals surface area contributed by atoms with Crippen LogP contribution < -0.4 is 10.1 Å². The van der Waals surface area contributed by atoms with Gasteiger partial charge in [0.2, 0.25) is 0 Å². The van der Waals surface area contributed by atoms with Crippen LogP contribution in [0, 0.1) is 6.92 Å². The number of hydrogen-bond acceptors (Lipinski definition) is 2. The second kappa shape index (κ2) is 9.27. The number of ether oxygens (including phenoxy) is 1. The summed E-state index contributed by atoms with van der Waals surface area (Å²) in [6.07, 6.45) is 2.05. The van der Waals surface area contributed by atoms with E-state index in [1.807, 2.05) is 49.4 Å². The Balaban J connectivity index is 1.71. The summed E-state index contributed by atoms with van der Waals surface area (Å²) >= 11 is 6.23. The fourth-order valence-electron chi connectivity index (χ4n) is 3.80. The monoisotopic (exact) mass is 432 g/mol. The third-order valence-corrected chi connectivity index (χ3v) is 5.57. The summed E-state index contributed by atoms with van der Waals surface area (Å²) in [7, 11) is 0. The number of anilines is 1. The van der Waals surface area contributed by atoms with E-state index in [0.29, 0.717) is 27.9 Å². The molecule has 3 aromatic carbocycles. The molecule has 158 valence electrons. The Hall–Kier alpha value is -3.24. The molecule has 0 aliphatic rings. The normalized spacial score (nSPS) is 10.9. The fraction of sp³-hybridized carbons (Fsp3) is 0.192. The summed E-state index contributed by atoms with van der Waals surface area (Å²) in [6.45, 7) is 4.94. The Morgan fingerprint density at radius 2 is 1.77 bits per heavy atom. The van der Waals surface area contributed by atoms with E-state index in [-0.39, 0.29) is 5.91 Å². The molecule has 0 saturated heterocycles. The average molecular weight is 433 g/mol. The zero-order valence-corrected chi connectivity index (χ0v) is 18.4. The Morgan fingerprint density at radius 3 is 2.55 bits per heavy atom. The van der Waals surface area contributed by atoms with Gasteiger partial charge in [0.15, 0.2) is 5.75 Å². The summed E-state index contributed by atoms with van der Waals surface area (Å²) in [5.74, 6) is 1.05. The van der Waals surface area contributed by atoms with Crippen molar-refractivity contribution in [3.63, 3.8) is 0 Å². The van der Waals surface area contributed by atoms with Gasteiger partial charge in [-0.2, -0.15) is 0 Å². The van der Waals surface area contributed by atoms with Gasteiger partial charge in [-0.25, -0.2) is 0 Å². The van der Waals surface area contributed by atoms with E-state index in [1.165, 1.54) is 0 Å². The molecular formula is C26H25ClN2O2. The van der Waals surface area contributed by atoms with Crippen molar-refractivity contribution >= 4 is 34.1 Å². The zero-order chi connectivity index (χ0) is 21.8. The van der Waals surface area contributed by atoms with Crippen LogP contribution in [-0.4, -0.2) is 10.5 Å². The van der Waals surface area contributed by atoms with Crippen LogP contribution in [0.2, 0.25) is 5.02 Å². The molecule has 0 atom stereocenters. The largest absolute Gasteiger partial charge is 0.455 e. The Morgan fingerprint density at radius 1 is 1.03 bits per heavy atom. The van der Waals surface area contributed by atoms with Gasteiger partial charge in [0.05, 0.1) is 5.69 Å². The minimum atomic E-state index is -0.176. The maximum absolute atomic E-state index is 13.5. The van der Waals surface area contributed by atoms with E-state index in [2.05, 4.69) is 28.9 Å². The lowest BCUT2D eigenvalue weighted by Gasteiger charge is -2.15. The van der Waals surface area contributed by atoms with E-state index in [0.717, 1.165) is 35.9 Å². The average Bonchev–Trinajstić information content (AvgIpc) is 3.07. The van der Waals surface area contributed by atoms with E-state index < -0.39 is 0 Å². The van der Waals surface area contributed by atoms with Gasteiger partial charge < -0.3 is 14.6 Å². The molecule has 1 heterocycles. The molecular weight excluding hydrogens is 408 g/mol. The molecule has 1 aromatic heterocycles. The number of benzene rings is 3. The van der Waals surface area contributed by atoms with E-state index in [1.54, 1.807) is 18.2 Å². The smallest absolute Gasteiger partial charge is 0.272 e. The summed E-state index contributed by atoms with van der Waals surface area (Å²) in [4.78, 5) is 13.5. The lowest BCUT2D eigenvalue weighted by molar-refractivity contribution is 0.101. The third kappa shape index (κ3) is 4.44. The number of hydrogen-bond donors (Lipinski definition) is 1. The molecule has 1 N–H and O–H groups in total. The number of amides is 1. The van der Waals surface area contributed by atoms with Crippen LogP contribution in [0.3, 0.4) is 0 Å². The first-order valence-corrected chi connectivity index (χ1v) is 10.9. The highest BCUT2D eigenvalue weighted by Crippen LogP contribution is 2.33. The molecule has 0 saturated carbocycles. The molecule has 0 fully saturated rings. The van der Waals surface area contributed by atoms with Crippen LogP contribution in [-0.2, 0) is 6.54 Å². The number of nitrogens with one attached hydrogen (secondary N) is 1. The summed E-state index contributed by atoms with van der Waals surface area (Å²) in [6, 6.07) is 22.8. The summed E-state index contributed by atoms with van der Waals surface area (Å²) in [5, 5.41) is 4.66. The van der Waals surface area contributed by atoms with Crippen molar-refractivity contribution < 1.29 is 9.53 Å². The van der Waals surface area contributed by atoms with Crippen molar-refractivity contribution in [3.05, 3.63) is 89.1 Å². The molecule has 0 aliphatic carbocycles. The van der Waals surface area contributed by atoms with Gasteiger partial charge in [-0.15, -0.1) is 0 Å². The van der Waals surface area contributed by atoms with Crippen LogP contribution in [0.4, 0.5) is 5.69 Å². The second-order valence-corrected chi connectivity index (χ2v) is 7.94. The summed E-state index contributed by atoms with van der Waals surface area (Å²) in [5.41, 5.74) is 3.25. The second-order valence-electron chi connectivity index (χ2n) is 7.51. The number of carbonyl (C=O) groups is 1. The first-order chi connectivity index (χ1) is 15.1. The number of para-hydroxylation sites is 2. The summed E-state index contributed by atoms with van der Waals surface area (Å²) < 4.78 is 8.12.